The number of hydrogen-bond acceptors (Lipinski definition) is 7. The van der Waals surface area contributed by atoms with Gasteiger partial charge in [-0.1, -0.05) is 31.1 Å². The molecular weight excluding hydrogens is 422 g/mol. The van der Waals surface area contributed by atoms with E-state index < -0.39 is 5.91 Å². The van der Waals surface area contributed by atoms with Crippen molar-refractivity contribution in [2.75, 3.05) is 0 Å². The Morgan fingerprint density at radius 1 is 1.36 bits per heavy atom. The highest BCUT2D eigenvalue weighted by Crippen LogP contribution is 2.44. The number of carbonyl (C=O) groups is 1. The predicted molar refractivity (Wildman–Crippen MR) is 120 cm³/mol. The van der Waals surface area contributed by atoms with Gasteiger partial charge in [-0.3, -0.25) is 4.79 Å². The molecular formula is C25H27N3O5. The fraction of sp³-hybridized carbons (Fsp3) is 0.440. The summed E-state index contributed by atoms with van der Waals surface area (Å²) in [5, 5.41) is 10.1. The summed E-state index contributed by atoms with van der Waals surface area (Å²) in [5.74, 6) is 1.88. The minimum Gasteiger partial charge on any atom is -0.455 e. The fourth-order valence-corrected chi connectivity index (χ4v) is 4.50. The Morgan fingerprint density at radius 2 is 2.21 bits per heavy atom. The summed E-state index contributed by atoms with van der Waals surface area (Å²) >= 11 is 0. The van der Waals surface area contributed by atoms with Crippen LogP contribution >= 0.6 is 0 Å². The monoisotopic (exact) mass is 449 g/mol. The molecule has 1 fully saturated rings. The molecule has 172 valence electrons. The molecule has 1 saturated carbocycles. The third-order valence-electron chi connectivity index (χ3n) is 6.82. The molecule has 1 amide bonds. The topological polar surface area (TPSA) is 103 Å². The Hall–Kier alpha value is -3.26. The van der Waals surface area contributed by atoms with Crippen LogP contribution in [0, 0.1) is 10.3 Å². The first-order valence-corrected chi connectivity index (χ1v) is 11.4. The first kappa shape index (κ1) is 21.6. The van der Waals surface area contributed by atoms with Crippen LogP contribution in [-0.2, 0) is 17.8 Å². The Bertz CT molecular complexity index is 1150. The number of nitrogens with one attached hydrogen (secondary N) is 1. The Kier molecular flexibility index (Phi) is 5.62. The van der Waals surface area contributed by atoms with Gasteiger partial charge < -0.3 is 19.3 Å². The molecule has 8 nitrogen and oxygen atoms in total. The lowest BCUT2D eigenvalue weighted by molar-refractivity contribution is 0.0211. The minimum absolute atomic E-state index is 0.220. The van der Waals surface area contributed by atoms with Gasteiger partial charge in [0.05, 0.1) is 18.5 Å². The van der Waals surface area contributed by atoms with E-state index in [-0.39, 0.29) is 17.2 Å². The highest BCUT2D eigenvalue weighted by atomic mass is 16.5. The molecule has 2 aliphatic heterocycles. The number of nitroso groups, excluding NO2 is 1. The second-order valence-electron chi connectivity index (χ2n) is 9.22. The minimum atomic E-state index is -0.805. The van der Waals surface area contributed by atoms with Gasteiger partial charge in [-0.05, 0) is 49.5 Å². The Labute approximate surface area is 192 Å². The highest BCUT2D eigenvalue weighted by molar-refractivity contribution is 5.95. The summed E-state index contributed by atoms with van der Waals surface area (Å²) < 4.78 is 18.0. The third-order valence-corrected chi connectivity index (χ3v) is 6.82. The number of ether oxygens (including phenoxy) is 2. The van der Waals surface area contributed by atoms with Crippen LogP contribution in [-0.4, -0.2) is 17.3 Å². The zero-order chi connectivity index (χ0) is 23.0. The number of rotatable bonds is 6. The van der Waals surface area contributed by atoms with Crippen molar-refractivity contribution < 1.29 is 18.8 Å². The van der Waals surface area contributed by atoms with E-state index in [0.29, 0.717) is 36.9 Å². The zero-order valence-corrected chi connectivity index (χ0v) is 18.8. The molecule has 0 saturated heterocycles. The van der Waals surface area contributed by atoms with Gasteiger partial charge in [0.15, 0.2) is 0 Å². The van der Waals surface area contributed by atoms with Gasteiger partial charge in [0.2, 0.25) is 0 Å². The molecule has 2 aromatic rings. The van der Waals surface area contributed by atoms with E-state index in [4.69, 9.17) is 14.0 Å². The molecule has 0 spiro atoms. The predicted octanol–water partition coefficient (Wildman–Crippen LogP) is 5.11. The largest absolute Gasteiger partial charge is 0.455 e. The van der Waals surface area contributed by atoms with E-state index in [9.17, 15) is 9.70 Å². The number of amides is 1. The number of aromatic nitrogens is 1. The molecule has 1 aliphatic carbocycles. The summed E-state index contributed by atoms with van der Waals surface area (Å²) in [5.41, 5.74) is 2.93. The molecule has 3 heterocycles. The van der Waals surface area contributed by atoms with Crippen LogP contribution in [0.4, 0.5) is 0 Å². The van der Waals surface area contributed by atoms with Crippen LogP contribution in [0.15, 0.2) is 57.7 Å². The quantitative estimate of drug-likeness (QED) is 0.611. The summed E-state index contributed by atoms with van der Waals surface area (Å²) in [6.45, 7) is 4.77. The molecule has 1 aromatic heterocycles. The van der Waals surface area contributed by atoms with Gasteiger partial charge in [-0.25, -0.2) is 0 Å². The van der Waals surface area contributed by atoms with Crippen molar-refractivity contribution in [2.45, 2.75) is 64.7 Å². The summed E-state index contributed by atoms with van der Waals surface area (Å²) in [6.07, 6.45) is 10.0. The number of hydrogen-bond donors (Lipinski definition) is 1. The summed E-state index contributed by atoms with van der Waals surface area (Å²) in [4.78, 5) is 22.5. The molecule has 1 aromatic carbocycles. The van der Waals surface area contributed by atoms with Crippen molar-refractivity contribution in [2.24, 2.45) is 10.6 Å². The van der Waals surface area contributed by atoms with E-state index in [1.807, 2.05) is 18.2 Å². The maximum Gasteiger partial charge on any atom is 0.316 e. The van der Waals surface area contributed by atoms with Crippen LogP contribution in [0.2, 0.25) is 0 Å². The fourth-order valence-electron chi connectivity index (χ4n) is 4.50. The number of benzene rings is 1. The molecule has 1 N–H and O–H groups in total. The van der Waals surface area contributed by atoms with Crippen molar-refractivity contribution in [3.63, 3.8) is 0 Å². The van der Waals surface area contributed by atoms with Crippen molar-refractivity contribution in [1.29, 1.82) is 0 Å². The Morgan fingerprint density at radius 3 is 2.97 bits per heavy atom. The number of allylic oxidation sites excluding steroid dienone is 2. The van der Waals surface area contributed by atoms with Crippen molar-refractivity contribution in [3.05, 3.63) is 75.4 Å². The van der Waals surface area contributed by atoms with E-state index in [1.54, 1.807) is 18.3 Å². The van der Waals surface area contributed by atoms with Crippen LogP contribution in [0.3, 0.4) is 0 Å². The van der Waals surface area contributed by atoms with Crippen molar-refractivity contribution >= 4 is 5.91 Å². The molecule has 8 heteroatoms. The van der Waals surface area contributed by atoms with Crippen LogP contribution in [0.25, 0.3) is 0 Å². The number of carbonyl (C=O) groups excluding carboxylic acids is 1. The Balaban J connectivity index is 1.40. The molecule has 0 bridgehead atoms. The van der Waals surface area contributed by atoms with E-state index in [0.717, 1.165) is 41.8 Å². The third kappa shape index (κ3) is 4.23. The van der Waals surface area contributed by atoms with E-state index in [2.05, 4.69) is 29.5 Å². The van der Waals surface area contributed by atoms with Crippen LogP contribution in [0.1, 0.15) is 72.7 Å². The highest BCUT2D eigenvalue weighted by Gasteiger charge is 2.37. The van der Waals surface area contributed by atoms with Crippen LogP contribution < -0.4 is 10.1 Å². The maximum absolute atomic E-state index is 11.8. The van der Waals surface area contributed by atoms with Gasteiger partial charge in [0, 0.05) is 34.1 Å². The molecule has 5 rings (SSSR count). The van der Waals surface area contributed by atoms with Gasteiger partial charge in [0.1, 0.15) is 23.5 Å². The number of nitrogens with zero attached hydrogens (tertiary/aromatic N) is 2. The zero-order valence-electron chi connectivity index (χ0n) is 18.8. The smallest absolute Gasteiger partial charge is 0.316 e. The van der Waals surface area contributed by atoms with Gasteiger partial charge in [-0.15, -0.1) is 4.91 Å². The van der Waals surface area contributed by atoms with Gasteiger partial charge >= 0.3 is 5.91 Å². The first-order valence-electron chi connectivity index (χ1n) is 11.4. The molecule has 0 radical (unpaired) electrons. The lowest BCUT2D eigenvalue weighted by Gasteiger charge is -2.33. The molecule has 1 unspecified atom stereocenters. The lowest BCUT2D eigenvalue weighted by atomic mass is 9.77. The van der Waals surface area contributed by atoms with Crippen LogP contribution in [0.5, 0.6) is 5.75 Å². The van der Waals surface area contributed by atoms with Crippen molar-refractivity contribution in [1.82, 2.24) is 10.5 Å². The molecule has 3 aliphatic rings. The normalized spacial score (nSPS) is 24.1. The standard InChI is InChI=1S/C25H27N3O5/c1-3-25(2)12-17-10-9-16(24(29)28-30)11-20(17)32-19-5-4-6-21(27-23(19)25)31-14-18-13-26-33-22(18)15-7-8-15/h4-5,9-11,13,15,21,27H,3,6-8,12,14H2,1-2H3/t21?,25-/m1/s1. The molecule has 33 heavy (non-hydrogen) atoms. The van der Waals surface area contributed by atoms with Gasteiger partial charge in [-0.2, -0.15) is 0 Å². The average Bonchev–Trinajstić information content (AvgIpc) is 3.61. The first-order chi connectivity index (χ1) is 16.0. The van der Waals surface area contributed by atoms with E-state index in [1.165, 1.54) is 0 Å². The lowest BCUT2D eigenvalue weighted by Crippen LogP contribution is -2.38. The molecule has 2 atom stereocenters. The average molecular weight is 450 g/mol. The van der Waals surface area contributed by atoms with E-state index >= 15 is 0 Å². The summed E-state index contributed by atoms with van der Waals surface area (Å²) in [6, 6.07) is 5.07. The summed E-state index contributed by atoms with van der Waals surface area (Å²) in [7, 11) is 0. The SMILES string of the molecule is CC[C@]1(C)Cc2ccc(C(=O)N=O)cc2OC2=C1NC(OCc1cnoc1C1CC1)CC=C2. The van der Waals surface area contributed by atoms with Crippen molar-refractivity contribution in [3.8, 4) is 5.75 Å². The maximum atomic E-state index is 11.8. The van der Waals surface area contributed by atoms with Gasteiger partial charge in [0.25, 0.3) is 0 Å². The second-order valence-corrected chi connectivity index (χ2v) is 9.22. The number of fused-ring (bicyclic) bond motifs is 1. The second kappa shape index (κ2) is 8.59.